The summed E-state index contributed by atoms with van der Waals surface area (Å²) in [5.74, 6) is 0. The van der Waals surface area contributed by atoms with E-state index in [1.807, 2.05) is 0 Å². The minimum atomic E-state index is -5.42. The van der Waals surface area contributed by atoms with E-state index in [2.05, 4.69) is 11.6 Å². The lowest BCUT2D eigenvalue weighted by Crippen LogP contribution is -2.48. The highest BCUT2D eigenvalue weighted by molar-refractivity contribution is 6.34. The molecule has 0 fully saturated rings. The van der Waals surface area contributed by atoms with E-state index in [0.29, 0.717) is 0 Å². The third kappa shape index (κ3) is 2.61. The molecule has 8 heteroatoms. The molecule has 1 rings (SSSR count). The molecule has 0 aliphatic heterocycles. The standard InChI is InChI=1S/C9H4Cl3F5/c10-6-3-1-5(2-4-6)7(11,8(12,13)14)9(15,16)17/h1-4H. The number of hydrogen-bond acceptors (Lipinski definition) is 0. The van der Waals surface area contributed by atoms with Crippen molar-refractivity contribution in [3.63, 3.8) is 0 Å². The molecule has 0 saturated heterocycles. The van der Waals surface area contributed by atoms with Crippen LogP contribution in [-0.2, 0) is 4.87 Å². The van der Waals surface area contributed by atoms with Crippen LogP contribution in [0.1, 0.15) is 5.56 Å². The van der Waals surface area contributed by atoms with Gasteiger partial charge in [-0.15, -0.1) is 0 Å². The molecule has 1 aromatic carbocycles. The number of alkyl halides is 7. The highest BCUT2D eigenvalue weighted by Gasteiger charge is 2.69. The van der Waals surface area contributed by atoms with Gasteiger partial charge in [0.15, 0.2) is 0 Å². The summed E-state index contributed by atoms with van der Waals surface area (Å²) in [6, 6.07) is 3.53. The largest absolute Gasteiger partial charge is 0.418 e. The molecule has 96 valence electrons. The molecule has 1 atom stereocenters. The maximum atomic E-state index is 12.9. The van der Waals surface area contributed by atoms with Gasteiger partial charge in [-0.25, -0.2) is 0 Å². The average Bonchev–Trinajstić information content (AvgIpc) is 2.14. The predicted molar refractivity (Wildman–Crippen MR) is 55.8 cm³/mol. The molecule has 0 aliphatic carbocycles. The second-order valence-corrected chi connectivity index (χ2v) is 4.64. The van der Waals surface area contributed by atoms with Crippen LogP contribution in [0.25, 0.3) is 0 Å². The molecule has 0 radical (unpaired) electrons. The van der Waals surface area contributed by atoms with E-state index in [-0.39, 0.29) is 5.02 Å². The zero-order valence-electron chi connectivity index (χ0n) is 7.83. The second-order valence-electron chi connectivity index (χ2n) is 3.16. The van der Waals surface area contributed by atoms with Gasteiger partial charge in [-0.05, 0) is 29.3 Å². The van der Waals surface area contributed by atoms with Crippen molar-refractivity contribution in [3.8, 4) is 0 Å². The summed E-state index contributed by atoms with van der Waals surface area (Å²) >= 11 is 14.9. The zero-order chi connectivity index (χ0) is 13.5. The summed E-state index contributed by atoms with van der Waals surface area (Å²) in [6.45, 7) is 0. The number of hydrogen-bond donors (Lipinski definition) is 0. The maximum Gasteiger partial charge on any atom is 0.418 e. The molecular weight excluding hydrogens is 309 g/mol. The first-order valence-electron chi connectivity index (χ1n) is 4.08. The average molecular weight is 313 g/mol. The fourth-order valence-corrected chi connectivity index (χ4v) is 1.64. The molecule has 0 amide bonds. The van der Waals surface area contributed by atoms with Crippen molar-refractivity contribution < 1.29 is 22.0 Å². The third-order valence-corrected chi connectivity index (χ3v) is 3.33. The van der Waals surface area contributed by atoms with Crippen molar-refractivity contribution in [2.24, 2.45) is 0 Å². The Labute approximate surface area is 108 Å². The Hall–Kier alpha value is -0.260. The lowest BCUT2D eigenvalue weighted by atomic mass is 9.97. The maximum absolute atomic E-state index is 12.9. The van der Waals surface area contributed by atoms with Crippen molar-refractivity contribution >= 4 is 34.8 Å². The van der Waals surface area contributed by atoms with Crippen LogP contribution < -0.4 is 0 Å². The molecule has 0 saturated carbocycles. The van der Waals surface area contributed by atoms with E-state index in [4.69, 9.17) is 23.2 Å². The van der Waals surface area contributed by atoms with Crippen LogP contribution in [-0.4, -0.2) is 11.6 Å². The highest BCUT2D eigenvalue weighted by atomic mass is 35.5. The van der Waals surface area contributed by atoms with Gasteiger partial charge >= 0.3 is 11.6 Å². The first kappa shape index (κ1) is 14.8. The van der Waals surface area contributed by atoms with E-state index >= 15 is 0 Å². The Bertz CT molecular complexity index is 379. The zero-order valence-corrected chi connectivity index (χ0v) is 10.1. The highest BCUT2D eigenvalue weighted by Crippen LogP contribution is 2.56. The van der Waals surface area contributed by atoms with E-state index in [1.54, 1.807) is 0 Å². The van der Waals surface area contributed by atoms with E-state index < -0.39 is 22.0 Å². The normalized spacial score (nSPS) is 16.7. The Morgan fingerprint density at radius 2 is 1.24 bits per heavy atom. The van der Waals surface area contributed by atoms with Crippen molar-refractivity contribution in [1.29, 1.82) is 0 Å². The molecule has 1 unspecified atom stereocenters. The van der Waals surface area contributed by atoms with Crippen molar-refractivity contribution in [2.45, 2.75) is 16.4 Å². The van der Waals surface area contributed by atoms with Crippen LogP contribution in [0.5, 0.6) is 0 Å². The first-order valence-corrected chi connectivity index (χ1v) is 5.22. The van der Waals surface area contributed by atoms with Gasteiger partial charge in [-0.2, -0.15) is 22.0 Å². The quantitative estimate of drug-likeness (QED) is 0.522. The van der Waals surface area contributed by atoms with Crippen LogP contribution in [0.4, 0.5) is 22.0 Å². The van der Waals surface area contributed by atoms with Gasteiger partial charge in [-0.1, -0.05) is 35.3 Å². The van der Waals surface area contributed by atoms with Crippen LogP contribution in [0.2, 0.25) is 5.02 Å². The van der Waals surface area contributed by atoms with E-state index in [1.165, 1.54) is 0 Å². The molecule has 0 N–H and O–H groups in total. The number of benzene rings is 1. The summed E-state index contributed by atoms with van der Waals surface area (Å²) in [5, 5.41) is -4.60. The Morgan fingerprint density at radius 3 is 1.53 bits per heavy atom. The Kier molecular flexibility index (Phi) is 3.87. The molecule has 0 bridgehead atoms. The van der Waals surface area contributed by atoms with Crippen LogP contribution in [0.15, 0.2) is 24.3 Å². The van der Waals surface area contributed by atoms with Gasteiger partial charge in [0.05, 0.1) is 0 Å². The molecule has 0 nitrogen and oxygen atoms in total. The summed E-state index contributed by atoms with van der Waals surface area (Å²) < 4.78 is 63.8. The molecule has 0 aliphatic rings. The lowest BCUT2D eigenvalue weighted by molar-refractivity contribution is -0.205. The summed E-state index contributed by atoms with van der Waals surface area (Å²) in [4.78, 5) is -3.99. The van der Waals surface area contributed by atoms with Crippen LogP contribution in [0, 0.1) is 0 Å². The number of rotatable bonds is 2. The Morgan fingerprint density at radius 1 is 0.824 bits per heavy atom. The molecule has 0 heterocycles. The van der Waals surface area contributed by atoms with Crippen molar-refractivity contribution in [3.05, 3.63) is 34.9 Å². The van der Waals surface area contributed by atoms with E-state index in [0.717, 1.165) is 24.3 Å². The summed E-state index contributed by atoms with van der Waals surface area (Å²) in [5.41, 5.74) is -0.879. The topological polar surface area (TPSA) is 0 Å². The van der Waals surface area contributed by atoms with Gasteiger partial charge in [0.25, 0.3) is 0 Å². The second kappa shape index (κ2) is 4.44. The third-order valence-electron chi connectivity index (χ3n) is 2.02. The van der Waals surface area contributed by atoms with Gasteiger partial charge in [-0.3, -0.25) is 0 Å². The molecule has 0 spiro atoms. The molecular formula is C9H4Cl3F5. The van der Waals surface area contributed by atoms with Crippen LogP contribution >= 0.6 is 34.8 Å². The number of halogens is 8. The van der Waals surface area contributed by atoms with Gasteiger partial charge in [0.2, 0.25) is 4.87 Å². The summed E-state index contributed by atoms with van der Waals surface area (Å²) in [6.07, 6.45) is -5.42. The lowest BCUT2D eigenvalue weighted by Gasteiger charge is -2.33. The van der Waals surface area contributed by atoms with Gasteiger partial charge in [0, 0.05) is 5.02 Å². The molecule has 0 aromatic heterocycles. The van der Waals surface area contributed by atoms with Crippen molar-refractivity contribution in [1.82, 2.24) is 0 Å². The molecule has 1 aromatic rings. The summed E-state index contributed by atoms with van der Waals surface area (Å²) in [7, 11) is 0. The predicted octanol–water partition coefficient (Wildman–Crippen LogP) is 5.17. The SMILES string of the molecule is FC(F)(F)C(Cl)(c1ccc(Cl)cc1)C(F)(F)Cl. The Balaban J connectivity index is 3.41. The fraction of sp³-hybridized carbons (Fsp3) is 0.333. The minimum absolute atomic E-state index is 0.0906. The van der Waals surface area contributed by atoms with Crippen LogP contribution in [0.3, 0.4) is 0 Å². The first-order chi connectivity index (χ1) is 7.50. The van der Waals surface area contributed by atoms with E-state index in [9.17, 15) is 22.0 Å². The van der Waals surface area contributed by atoms with Gasteiger partial charge in [0.1, 0.15) is 0 Å². The monoisotopic (exact) mass is 312 g/mol. The fourth-order valence-electron chi connectivity index (χ4n) is 1.17. The van der Waals surface area contributed by atoms with Gasteiger partial charge < -0.3 is 0 Å². The molecule has 17 heavy (non-hydrogen) atoms. The minimum Gasteiger partial charge on any atom is -0.185 e. The van der Waals surface area contributed by atoms with Crippen molar-refractivity contribution in [2.75, 3.05) is 0 Å². The smallest absolute Gasteiger partial charge is 0.185 e.